The number of benzene rings is 2. The van der Waals surface area contributed by atoms with Crippen LogP contribution < -0.4 is 20.9 Å². The van der Waals surface area contributed by atoms with Crippen LogP contribution in [0.25, 0.3) is 0 Å². The summed E-state index contributed by atoms with van der Waals surface area (Å²) in [5.74, 6) is 1.45. The van der Waals surface area contributed by atoms with E-state index in [9.17, 15) is 4.79 Å². The zero-order valence-corrected chi connectivity index (χ0v) is 18.0. The van der Waals surface area contributed by atoms with E-state index in [-0.39, 0.29) is 23.9 Å². The Hall–Kier alpha value is -2.24. The van der Waals surface area contributed by atoms with Crippen molar-refractivity contribution in [2.75, 3.05) is 14.2 Å². The van der Waals surface area contributed by atoms with E-state index >= 15 is 0 Å². The highest BCUT2D eigenvalue weighted by Crippen LogP contribution is 2.44. The van der Waals surface area contributed by atoms with Crippen LogP contribution >= 0.6 is 12.4 Å². The number of carbonyl (C=O) groups excluding carboxylic acids is 1. The second-order valence-electron chi connectivity index (χ2n) is 7.77. The van der Waals surface area contributed by atoms with E-state index < -0.39 is 5.41 Å². The van der Waals surface area contributed by atoms with E-state index in [1.54, 1.807) is 14.2 Å². The van der Waals surface area contributed by atoms with Crippen molar-refractivity contribution in [1.29, 1.82) is 0 Å². The summed E-state index contributed by atoms with van der Waals surface area (Å²) in [5.41, 5.74) is 13.4. The molecule has 6 heteroatoms. The molecular formula is C23H31ClN2O3. The van der Waals surface area contributed by atoms with Crippen LogP contribution in [0, 0.1) is 0 Å². The lowest BCUT2D eigenvalue weighted by atomic mass is 9.64. The van der Waals surface area contributed by atoms with E-state index in [1.807, 2.05) is 42.5 Å². The van der Waals surface area contributed by atoms with Gasteiger partial charge in [-0.3, -0.25) is 4.79 Å². The number of nitrogens with two attached hydrogens (primary N) is 2. The molecule has 0 atom stereocenters. The van der Waals surface area contributed by atoms with Crippen LogP contribution in [0.4, 0.5) is 0 Å². The summed E-state index contributed by atoms with van der Waals surface area (Å²) < 4.78 is 10.3. The molecule has 0 heterocycles. The van der Waals surface area contributed by atoms with Gasteiger partial charge in [-0.1, -0.05) is 30.7 Å². The van der Waals surface area contributed by atoms with Gasteiger partial charge < -0.3 is 20.9 Å². The second kappa shape index (κ2) is 9.51. The van der Waals surface area contributed by atoms with Crippen LogP contribution in [0.15, 0.2) is 48.5 Å². The number of amides is 1. The predicted molar refractivity (Wildman–Crippen MR) is 118 cm³/mol. The van der Waals surface area contributed by atoms with Crippen LogP contribution in [-0.2, 0) is 15.7 Å². The topological polar surface area (TPSA) is 87.6 Å². The smallest absolute Gasteiger partial charge is 0.228 e. The zero-order chi connectivity index (χ0) is 20.2. The number of carbonyl (C=O) groups is 1. The largest absolute Gasteiger partial charge is 0.497 e. The molecule has 0 aliphatic heterocycles. The number of halogens is 1. The Morgan fingerprint density at radius 3 is 1.72 bits per heavy atom. The molecule has 0 spiro atoms. The maximum atomic E-state index is 11.5. The van der Waals surface area contributed by atoms with Gasteiger partial charge in [0.2, 0.25) is 5.91 Å². The molecule has 0 aromatic heterocycles. The highest BCUT2D eigenvalue weighted by atomic mass is 35.5. The normalized spacial score (nSPS) is 17.9. The molecule has 2 aromatic carbocycles. The van der Waals surface area contributed by atoms with E-state index in [4.69, 9.17) is 20.9 Å². The van der Waals surface area contributed by atoms with Gasteiger partial charge >= 0.3 is 0 Å². The Bertz CT molecular complexity index is 832. The van der Waals surface area contributed by atoms with Gasteiger partial charge in [0.1, 0.15) is 11.5 Å². The van der Waals surface area contributed by atoms with Crippen LogP contribution in [0.3, 0.4) is 0 Å². The lowest BCUT2D eigenvalue weighted by Gasteiger charge is -2.39. The summed E-state index contributed by atoms with van der Waals surface area (Å²) in [4.78, 5) is 11.5. The van der Waals surface area contributed by atoms with Gasteiger partial charge in [0.05, 0.1) is 19.6 Å². The van der Waals surface area contributed by atoms with Crippen molar-refractivity contribution in [1.82, 2.24) is 0 Å². The molecule has 0 radical (unpaired) electrons. The minimum absolute atomic E-state index is 0. The molecular weight excluding hydrogens is 388 g/mol. The molecule has 2 saturated carbocycles. The number of hydrogen-bond donors (Lipinski definition) is 2. The van der Waals surface area contributed by atoms with Gasteiger partial charge in [-0.2, -0.15) is 0 Å². The van der Waals surface area contributed by atoms with Crippen molar-refractivity contribution < 1.29 is 14.3 Å². The van der Waals surface area contributed by atoms with E-state index in [0.29, 0.717) is 0 Å². The third-order valence-electron chi connectivity index (χ3n) is 6.19. The number of ether oxygens (including phenoxy) is 2. The standard InChI is InChI=1S/C12H15NO2.C11H15NO.ClH/c1-15-10-5-2-4-9(8-10)12(11(13)14)6-3-7-12;1-13-10-5-2-4-9(8-10)11(12)6-3-7-11;/h2,4-5,8H,3,6-7H2,1H3,(H2,13,14);2,4-5,8H,3,6-7,12H2,1H3;1H. The van der Waals surface area contributed by atoms with E-state index in [1.165, 1.54) is 12.0 Å². The lowest BCUT2D eigenvalue weighted by Crippen LogP contribution is -2.46. The Morgan fingerprint density at radius 1 is 0.862 bits per heavy atom. The van der Waals surface area contributed by atoms with Crippen molar-refractivity contribution in [2.45, 2.75) is 49.5 Å². The molecule has 29 heavy (non-hydrogen) atoms. The third-order valence-corrected chi connectivity index (χ3v) is 6.19. The number of methoxy groups -OCH3 is 2. The third kappa shape index (κ3) is 4.68. The average molecular weight is 419 g/mol. The molecule has 4 rings (SSSR count). The summed E-state index contributed by atoms with van der Waals surface area (Å²) in [6.45, 7) is 0. The monoisotopic (exact) mass is 418 g/mol. The number of rotatable bonds is 5. The number of hydrogen-bond acceptors (Lipinski definition) is 4. The summed E-state index contributed by atoms with van der Waals surface area (Å²) in [5, 5.41) is 0. The zero-order valence-electron chi connectivity index (χ0n) is 17.1. The SMILES string of the molecule is COc1cccc(C2(C(N)=O)CCC2)c1.COc1cccc(C2(N)CCC2)c1.Cl. The molecule has 158 valence electrons. The highest BCUT2D eigenvalue weighted by molar-refractivity contribution is 5.87. The summed E-state index contributed by atoms with van der Waals surface area (Å²) in [7, 11) is 3.31. The Balaban J connectivity index is 0.000000202. The first-order chi connectivity index (χ1) is 13.4. The van der Waals surface area contributed by atoms with Crippen LogP contribution in [0.1, 0.15) is 49.7 Å². The fourth-order valence-electron chi connectivity index (χ4n) is 3.91. The van der Waals surface area contributed by atoms with Crippen molar-refractivity contribution >= 4 is 18.3 Å². The molecule has 4 N–H and O–H groups in total. The minimum atomic E-state index is -0.436. The quantitative estimate of drug-likeness (QED) is 0.766. The molecule has 2 aromatic rings. The molecule has 1 amide bonds. The van der Waals surface area contributed by atoms with Gasteiger partial charge in [-0.05, 0) is 67.5 Å². The van der Waals surface area contributed by atoms with Gasteiger partial charge in [0, 0.05) is 5.54 Å². The first-order valence-electron chi connectivity index (χ1n) is 9.81. The van der Waals surface area contributed by atoms with Crippen molar-refractivity contribution in [2.24, 2.45) is 11.5 Å². The molecule has 2 aliphatic carbocycles. The van der Waals surface area contributed by atoms with Crippen LogP contribution in [0.2, 0.25) is 0 Å². The molecule has 0 unspecified atom stereocenters. The first kappa shape index (κ1) is 23.0. The van der Waals surface area contributed by atoms with Crippen molar-refractivity contribution in [3.05, 3.63) is 59.7 Å². The van der Waals surface area contributed by atoms with Crippen molar-refractivity contribution in [3.8, 4) is 11.5 Å². The van der Waals surface area contributed by atoms with Crippen LogP contribution in [-0.4, -0.2) is 20.1 Å². The summed E-state index contributed by atoms with van der Waals surface area (Å²) >= 11 is 0. The maximum Gasteiger partial charge on any atom is 0.228 e. The van der Waals surface area contributed by atoms with Gasteiger partial charge in [0.25, 0.3) is 0 Å². The Morgan fingerprint density at radius 2 is 1.34 bits per heavy atom. The average Bonchev–Trinajstić information content (AvgIpc) is 2.65. The molecule has 2 aliphatic rings. The Kier molecular flexibility index (Phi) is 7.55. The Labute approximate surface area is 179 Å². The van der Waals surface area contributed by atoms with Gasteiger partial charge in [-0.15, -0.1) is 12.4 Å². The van der Waals surface area contributed by atoms with Crippen molar-refractivity contribution in [3.63, 3.8) is 0 Å². The molecule has 0 bridgehead atoms. The maximum absolute atomic E-state index is 11.5. The van der Waals surface area contributed by atoms with Crippen LogP contribution in [0.5, 0.6) is 11.5 Å². The number of primary amides is 1. The molecule has 0 saturated heterocycles. The highest BCUT2D eigenvalue weighted by Gasteiger charge is 2.44. The van der Waals surface area contributed by atoms with E-state index in [2.05, 4.69) is 6.07 Å². The van der Waals surface area contributed by atoms with Gasteiger partial charge in [-0.25, -0.2) is 0 Å². The fourth-order valence-corrected chi connectivity index (χ4v) is 3.91. The second-order valence-corrected chi connectivity index (χ2v) is 7.77. The fraction of sp³-hybridized carbons (Fsp3) is 0.435. The predicted octanol–water partition coefficient (Wildman–Crippen LogP) is 4.06. The van der Waals surface area contributed by atoms with E-state index in [0.717, 1.165) is 49.2 Å². The molecule has 5 nitrogen and oxygen atoms in total. The summed E-state index contributed by atoms with van der Waals surface area (Å²) in [6, 6.07) is 15.7. The molecule has 2 fully saturated rings. The lowest BCUT2D eigenvalue weighted by molar-refractivity contribution is -0.126. The minimum Gasteiger partial charge on any atom is -0.497 e. The van der Waals surface area contributed by atoms with Gasteiger partial charge in [0.15, 0.2) is 0 Å². The first-order valence-corrected chi connectivity index (χ1v) is 9.81. The summed E-state index contributed by atoms with van der Waals surface area (Å²) in [6.07, 6.45) is 6.22.